The quantitative estimate of drug-likeness (QED) is 0.623. The highest BCUT2D eigenvalue weighted by atomic mass is 16.5. The highest BCUT2D eigenvalue weighted by Crippen LogP contribution is 2.42. The molecule has 3 heterocycles. The molecule has 1 aliphatic heterocycles. The van der Waals surface area contributed by atoms with Crippen LogP contribution in [0.25, 0.3) is 10.9 Å². The maximum Gasteiger partial charge on any atom is 0.274 e. The lowest BCUT2D eigenvalue weighted by atomic mass is 10.0. The van der Waals surface area contributed by atoms with Crippen LogP contribution in [0.3, 0.4) is 0 Å². The number of ether oxygens (including phenoxy) is 1. The molecule has 2 amide bonds. The van der Waals surface area contributed by atoms with Crippen LogP contribution in [0.4, 0.5) is 0 Å². The number of hydrogen-bond donors (Lipinski definition) is 2. The molecule has 0 unspecified atom stereocenters. The molecular weight excluding hydrogens is 406 g/mol. The average molecular weight is 436 g/mol. The van der Waals surface area contributed by atoms with Gasteiger partial charge in [0.05, 0.1) is 18.7 Å². The fraction of sp³-hybridized carbons (Fsp3) is 0.458. The minimum Gasteiger partial charge on any atom is -0.382 e. The molecule has 8 heteroatoms. The summed E-state index contributed by atoms with van der Waals surface area (Å²) in [6.07, 6.45) is 3.42. The van der Waals surface area contributed by atoms with Gasteiger partial charge >= 0.3 is 0 Å². The summed E-state index contributed by atoms with van der Waals surface area (Å²) in [6, 6.07) is 8.04. The first-order valence-corrected chi connectivity index (χ1v) is 11.2. The molecule has 2 aliphatic rings. The number of aromatic amines is 2. The zero-order valence-corrected chi connectivity index (χ0v) is 18.8. The van der Waals surface area contributed by atoms with E-state index in [0.717, 1.165) is 41.4 Å². The van der Waals surface area contributed by atoms with Gasteiger partial charge in [0.15, 0.2) is 5.69 Å². The minimum absolute atomic E-state index is 0.0556. The van der Waals surface area contributed by atoms with Crippen molar-refractivity contribution in [1.82, 2.24) is 25.0 Å². The van der Waals surface area contributed by atoms with Crippen molar-refractivity contribution >= 4 is 22.7 Å². The second-order valence-corrected chi connectivity index (χ2v) is 8.94. The van der Waals surface area contributed by atoms with Crippen LogP contribution in [0.2, 0.25) is 0 Å². The first-order valence-electron chi connectivity index (χ1n) is 11.2. The number of nitrogens with one attached hydrogen (secondary N) is 2. The van der Waals surface area contributed by atoms with Gasteiger partial charge in [-0.25, -0.2) is 0 Å². The van der Waals surface area contributed by atoms with Gasteiger partial charge < -0.3 is 19.5 Å². The number of benzene rings is 1. The average Bonchev–Trinajstić information content (AvgIpc) is 3.27. The van der Waals surface area contributed by atoms with Crippen molar-refractivity contribution in [3.05, 3.63) is 52.5 Å². The van der Waals surface area contributed by atoms with Gasteiger partial charge in [-0.2, -0.15) is 5.10 Å². The van der Waals surface area contributed by atoms with Crippen molar-refractivity contribution < 1.29 is 14.3 Å². The number of aryl methyl sites for hydroxylation is 1. The number of aromatic nitrogens is 3. The third-order valence-corrected chi connectivity index (χ3v) is 7.05. The maximum atomic E-state index is 13.3. The molecule has 0 bridgehead atoms. The number of carbonyl (C=O) groups excluding carboxylic acids is 2. The Bertz CT molecular complexity index is 1190. The van der Waals surface area contributed by atoms with Crippen molar-refractivity contribution in [2.24, 2.45) is 0 Å². The van der Waals surface area contributed by atoms with Gasteiger partial charge in [0, 0.05) is 49.3 Å². The second-order valence-electron chi connectivity index (χ2n) is 8.94. The Morgan fingerprint density at radius 2 is 2.12 bits per heavy atom. The first kappa shape index (κ1) is 20.8. The second kappa shape index (κ2) is 7.78. The van der Waals surface area contributed by atoms with Crippen molar-refractivity contribution in [3.63, 3.8) is 0 Å². The van der Waals surface area contributed by atoms with E-state index in [9.17, 15) is 9.59 Å². The minimum atomic E-state index is -0.233. The lowest BCUT2D eigenvalue weighted by Crippen LogP contribution is -2.43. The molecule has 5 rings (SSSR count). The number of carbonyl (C=O) groups is 2. The topological polar surface area (TPSA) is 94.3 Å². The zero-order chi connectivity index (χ0) is 22.5. The van der Waals surface area contributed by atoms with Crippen molar-refractivity contribution in [3.8, 4) is 0 Å². The number of amides is 2. The third kappa shape index (κ3) is 3.30. The summed E-state index contributed by atoms with van der Waals surface area (Å²) in [5.41, 5.74) is 4.70. The first-order chi connectivity index (χ1) is 15.5. The van der Waals surface area contributed by atoms with Crippen LogP contribution >= 0.6 is 0 Å². The molecule has 2 aromatic heterocycles. The van der Waals surface area contributed by atoms with E-state index >= 15 is 0 Å². The van der Waals surface area contributed by atoms with E-state index in [1.807, 2.05) is 25.2 Å². The summed E-state index contributed by atoms with van der Waals surface area (Å²) >= 11 is 0. The van der Waals surface area contributed by atoms with Crippen LogP contribution in [-0.4, -0.2) is 69.6 Å². The van der Waals surface area contributed by atoms with Crippen LogP contribution in [-0.2, 0) is 24.1 Å². The number of fused-ring (bicyclic) bond motifs is 2. The van der Waals surface area contributed by atoms with Gasteiger partial charge in [0.2, 0.25) is 0 Å². The Labute approximate surface area is 186 Å². The third-order valence-electron chi connectivity index (χ3n) is 7.05. The fourth-order valence-corrected chi connectivity index (χ4v) is 4.82. The summed E-state index contributed by atoms with van der Waals surface area (Å²) in [5, 5.41) is 8.46. The summed E-state index contributed by atoms with van der Waals surface area (Å²) in [7, 11) is 3.47. The van der Waals surface area contributed by atoms with Crippen molar-refractivity contribution in [2.45, 2.75) is 44.7 Å². The van der Waals surface area contributed by atoms with Gasteiger partial charge in [-0.3, -0.25) is 14.7 Å². The Morgan fingerprint density at radius 3 is 2.84 bits per heavy atom. The van der Waals surface area contributed by atoms with Crippen LogP contribution in [0.1, 0.15) is 57.6 Å². The van der Waals surface area contributed by atoms with Gasteiger partial charge in [-0.1, -0.05) is 19.1 Å². The molecule has 1 saturated carbocycles. The molecule has 0 saturated heterocycles. The van der Waals surface area contributed by atoms with Crippen LogP contribution in [0, 0.1) is 0 Å². The number of rotatable bonds is 6. The molecule has 1 aliphatic carbocycles. The lowest BCUT2D eigenvalue weighted by Gasteiger charge is -2.29. The number of methoxy groups -OCH3 is 1. The molecule has 168 valence electrons. The molecular formula is C24H29N5O3. The molecule has 0 atom stereocenters. The molecule has 32 heavy (non-hydrogen) atoms. The van der Waals surface area contributed by atoms with Gasteiger partial charge in [0.25, 0.3) is 11.8 Å². The van der Waals surface area contributed by atoms with Crippen molar-refractivity contribution in [1.29, 1.82) is 0 Å². The van der Waals surface area contributed by atoms with E-state index in [4.69, 9.17) is 4.74 Å². The number of likely N-dealkylation sites (N-methyl/N-ethyl adjacent to an activating group) is 1. The van der Waals surface area contributed by atoms with Crippen LogP contribution in [0.15, 0.2) is 24.3 Å². The van der Waals surface area contributed by atoms with E-state index in [-0.39, 0.29) is 17.4 Å². The highest BCUT2D eigenvalue weighted by molar-refractivity contribution is 5.99. The smallest absolute Gasteiger partial charge is 0.274 e. The molecule has 0 spiro atoms. The zero-order valence-electron chi connectivity index (χ0n) is 18.8. The van der Waals surface area contributed by atoms with E-state index in [0.29, 0.717) is 37.5 Å². The normalized spacial score (nSPS) is 16.8. The molecule has 8 nitrogen and oxygen atoms in total. The highest BCUT2D eigenvalue weighted by Gasteiger charge is 2.49. The lowest BCUT2D eigenvalue weighted by molar-refractivity contribution is 0.0541. The Morgan fingerprint density at radius 1 is 1.31 bits per heavy atom. The summed E-state index contributed by atoms with van der Waals surface area (Å²) < 4.78 is 5.33. The largest absolute Gasteiger partial charge is 0.382 e. The molecule has 0 radical (unpaired) electrons. The van der Waals surface area contributed by atoms with Crippen LogP contribution < -0.4 is 0 Å². The van der Waals surface area contributed by atoms with Gasteiger partial charge in [-0.05, 0) is 37.0 Å². The Kier molecular flexibility index (Phi) is 5.04. The predicted molar refractivity (Wildman–Crippen MR) is 121 cm³/mol. The van der Waals surface area contributed by atoms with E-state index < -0.39 is 0 Å². The summed E-state index contributed by atoms with van der Waals surface area (Å²) in [4.78, 5) is 33.4. The number of nitrogens with zero attached hydrogens (tertiary/aromatic N) is 3. The monoisotopic (exact) mass is 435 g/mol. The summed E-state index contributed by atoms with van der Waals surface area (Å²) in [5.74, 6) is -0.176. The SMILES string of the molecule is CCc1cccc2[nH]c(C(=O)N3CCc4[nH]nc(C(=O)N(C)C5(COC)CC5)c4C3)cc12. The molecule has 3 aromatic rings. The van der Waals surface area contributed by atoms with Crippen molar-refractivity contribution in [2.75, 3.05) is 27.3 Å². The standard InChI is InChI=1S/C24H29N5O3/c1-4-15-6-5-7-18-16(15)12-20(25-18)22(30)29-11-8-19-17(13-29)21(27-26-19)23(31)28(2)24(9-10-24)14-32-3/h5-7,12,25H,4,8-11,13-14H2,1-3H3,(H,26,27). The van der Waals surface area contributed by atoms with E-state index in [2.05, 4.69) is 28.2 Å². The van der Waals surface area contributed by atoms with Gasteiger partial charge in [-0.15, -0.1) is 0 Å². The van der Waals surface area contributed by atoms with E-state index in [1.165, 1.54) is 5.56 Å². The molecule has 1 aromatic carbocycles. The summed E-state index contributed by atoms with van der Waals surface area (Å²) in [6.45, 7) is 3.59. The van der Waals surface area contributed by atoms with Crippen LogP contribution in [0.5, 0.6) is 0 Å². The predicted octanol–water partition coefficient (Wildman–Crippen LogP) is 2.90. The Hall–Kier alpha value is -3.13. The molecule has 1 fully saturated rings. The molecule has 2 N–H and O–H groups in total. The number of hydrogen-bond acceptors (Lipinski definition) is 4. The Balaban J connectivity index is 1.39. The maximum absolute atomic E-state index is 13.3. The fourth-order valence-electron chi connectivity index (χ4n) is 4.82. The number of H-pyrrole nitrogens is 2. The van der Waals surface area contributed by atoms with Gasteiger partial charge in [0.1, 0.15) is 5.69 Å². The van der Waals surface area contributed by atoms with E-state index in [1.54, 1.807) is 16.9 Å².